The molecule has 2 atom stereocenters. The largest absolute Gasteiger partial charge is 0.311 e. The van der Waals surface area contributed by atoms with Gasteiger partial charge in [0.25, 0.3) is 0 Å². The van der Waals surface area contributed by atoms with Crippen molar-refractivity contribution in [1.29, 1.82) is 0 Å². The molecule has 0 N–H and O–H groups in total. The Morgan fingerprint density at radius 2 is 2.04 bits per heavy atom. The molecule has 0 bridgehead atoms. The van der Waals surface area contributed by atoms with Gasteiger partial charge in [-0.05, 0) is 58.7 Å². The van der Waals surface area contributed by atoms with Crippen molar-refractivity contribution in [3.63, 3.8) is 0 Å². The van der Waals surface area contributed by atoms with E-state index >= 15 is 0 Å². The van der Waals surface area contributed by atoms with Crippen molar-refractivity contribution in [2.24, 2.45) is 13.0 Å². The lowest BCUT2D eigenvalue weighted by Crippen LogP contribution is -2.42. The maximum atomic E-state index is 4.47. The summed E-state index contributed by atoms with van der Waals surface area (Å²) in [5, 5.41) is 13.2. The Kier molecular flexibility index (Phi) is 5.32. The van der Waals surface area contributed by atoms with Crippen molar-refractivity contribution in [3.05, 3.63) is 29.6 Å². The third-order valence-electron chi connectivity index (χ3n) is 6.14. The molecule has 0 spiro atoms. The van der Waals surface area contributed by atoms with Crippen LogP contribution in [0.4, 0.5) is 0 Å². The van der Waals surface area contributed by atoms with Crippen molar-refractivity contribution in [3.8, 4) is 0 Å². The highest BCUT2D eigenvalue weighted by atomic mass is 15.3. The van der Waals surface area contributed by atoms with Crippen molar-refractivity contribution in [1.82, 2.24) is 34.3 Å². The van der Waals surface area contributed by atoms with Crippen molar-refractivity contribution in [2.45, 2.75) is 58.2 Å². The number of hydrogen-bond acceptors (Lipinski definition) is 5. The van der Waals surface area contributed by atoms with Gasteiger partial charge >= 0.3 is 0 Å². The van der Waals surface area contributed by atoms with Crippen LogP contribution in [-0.2, 0) is 13.6 Å². The van der Waals surface area contributed by atoms with E-state index < -0.39 is 0 Å². The SMILES string of the molecule is CCN1CCC[C@@H](CN(C)Cc2nnc(C)n2C2CC2)[C@@H]1c1cnn(C)c1. The molecule has 2 fully saturated rings. The van der Waals surface area contributed by atoms with Gasteiger partial charge in [-0.15, -0.1) is 10.2 Å². The van der Waals surface area contributed by atoms with Gasteiger partial charge in [-0.1, -0.05) is 6.92 Å². The van der Waals surface area contributed by atoms with Crippen LogP contribution in [0.1, 0.15) is 61.9 Å². The van der Waals surface area contributed by atoms with Gasteiger partial charge in [0, 0.05) is 37.4 Å². The molecule has 2 aromatic heterocycles. The molecule has 0 aromatic carbocycles. The van der Waals surface area contributed by atoms with E-state index in [9.17, 15) is 0 Å². The third-order valence-corrected chi connectivity index (χ3v) is 6.14. The van der Waals surface area contributed by atoms with Crippen molar-refractivity contribution >= 4 is 0 Å². The smallest absolute Gasteiger partial charge is 0.147 e. The van der Waals surface area contributed by atoms with E-state index in [-0.39, 0.29) is 0 Å². The summed E-state index contributed by atoms with van der Waals surface area (Å²) >= 11 is 0. The lowest BCUT2D eigenvalue weighted by atomic mass is 9.85. The van der Waals surface area contributed by atoms with Gasteiger partial charge in [0.2, 0.25) is 0 Å². The molecule has 0 amide bonds. The monoisotopic (exact) mass is 371 g/mol. The average molecular weight is 372 g/mol. The number of aryl methyl sites for hydroxylation is 2. The Morgan fingerprint density at radius 3 is 2.70 bits per heavy atom. The Labute approximate surface area is 162 Å². The maximum absolute atomic E-state index is 4.47. The van der Waals surface area contributed by atoms with Crippen LogP contribution in [0.25, 0.3) is 0 Å². The molecule has 3 heterocycles. The minimum Gasteiger partial charge on any atom is -0.311 e. The first-order chi connectivity index (χ1) is 13.1. The fraction of sp³-hybridized carbons (Fsp3) is 0.750. The van der Waals surface area contributed by atoms with Crippen LogP contribution in [-0.4, -0.2) is 61.0 Å². The predicted octanol–water partition coefficient (Wildman–Crippen LogP) is 2.56. The lowest BCUT2D eigenvalue weighted by Gasteiger charge is -2.42. The fourth-order valence-electron chi connectivity index (χ4n) is 4.81. The quantitative estimate of drug-likeness (QED) is 0.749. The van der Waals surface area contributed by atoms with Crippen LogP contribution in [0, 0.1) is 12.8 Å². The molecule has 7 nitrogen and oxygen atoms in total. The molecular weight excluding hydrogens is 338 g/mol. The second kappa shape index (κ2) is 7.72. The molecule has 1 saturated carbocycles. The normalized spacial score (nSPS) is 24.0. The molecule has 7 heteroatoms. The molecule has 1 aliphatic heterocycles. The Morgan fingerprint density at radius 1 is 1.22 bits per heavy atom. The van der Waals surface area contributed by atoms with E-state index in [1.807, 2.05) is 11.7 Å². The van der Waals surface area contributed by atoms with E-state index in [0.717, 1.165) is 31.3 Å². The fourth-order valence-corrected chi connectivity index (χ4v) is 4.81. The summed E-state index contributed by atoms with van der Waals surface area (Å²) < 4.78 is 4.29. The molecule has 27 heavy (non-hydrogen) atoms. The van der Waals surface area contributed by atoms with Gasteiger partial charge in [0.05, 0.1) is 12.7 Å². The first-order valence-electron chi connectivity index (χ1n) is 10.4. The topological polar surface area (TPSA) is 55.0 Å². The molecule has 1 aliphatic carbocycles. The Hall–Kier alpha value is -1.73. The highest BCUT2D eigenvalue weighted by Gasteiger charge is 2.34. The van der Waals surface area contributed by atoms with E-state index in [1.54, 1.807) is 0 Å². The standard InChI is InChI=1S/C20H33N7/c1-5-26-10-6-7-16(20(26)17-11-21-25(4)13-17)12-24(3)14-19-23-22-15(2)27(19)18-8-9-18/h11,13,16,18,20H,5-10,12,14H2,1-4H3/t16-,20+/m0/s1. The minimum absolute atomic E-state index is 0.461. The van der Waals surface area contributed by atoms with Crippen LogP contribution in [0.2, 0.25) is 0 Å². The number of piperidine rings is 1. The summed E-state index contributed by atoms with van der Waals surface area (Å²) in [7, 11) is 4.24. The summed E-state index contributed by atoms with van der Waals surface area (Å²) in [5.41, 5.74) is 1.36. The van der Waals surface area contributed by atoms with Gasteiger partial charge in [-0.3, -0.25) is 14.5 Å². The molecule has 4 rings (SSSR count). The Balaban J connectivity index is 1.47. The average Bonchev–Trinajstić information content (AvgIpc) is 3.29. The molecule has 148 valence electrons. The molecule has 2 aromatic rings. The zero-order valence-electron chi connectivity index (χ0n) is 17.2. The molecule has 0 unspecified atom stereocenters. The predicted molar refractivity (Wildman–Crippen MR) is 105 cm³/mol. The number of aromatic nitrogens is 5. The van der Waals surface area contributed by atoms with E-state index in [1.165, 1.54) is 37.8 Å². The van der Waals surface area contributed by atoms with Crippen molar-refractivity contribution < 1.29 is 0 Å². The van der Waals surface area contributed by atoms with Crippen molar-refractivity contribution in [2.75, 3.05) is 26.7 Å². The number of likely N-dealkylation sites (tertiary alicyclic amines) is 1. The molecule has 2 aliphatic rings. The summed E-state index contributed by atoms with van der Waals surface area (Å²) in [6, 6.07) is 1.10. The minimum atomic E-state index is 0.461. The number of nitrogens with zero attached hydrogens (tertiary/aromatic N) is 7. The summed E-state index contributed by atoms with van der Waals surface area (Å²) in [6.07, 6.45) is 9.34. The van der Waals surface area contributed by atoms with Gasteiger partial charge in [0.15, 0.2) is 0 Å². The summed E-state index contributed by atoms with van der Waals surface area (Å²) in [4.78, 5) is 5.06. The molecular formula is C20H33N7. The lowest BCUT2D eigenvalue weighted by molar-refractivity contribution is 0.0741. The highest BCUT2D eigenvalue weighted by Crippen LogP contribution is 2.38. The number of rotatable bonds is 7. The third kappa shape index (κ3) is 3.94. The van der Waals surface area contributed by atoms with Crippen LogP contribution >= 0.6 is 0 Å². The zero-order valence-corrected chi connectivity index (χ0v) is 17.2. The maximum Gasteiger partial charge on any atom is 0.147 e. The van der Waals surface area contributed by atoms with E-state index in [4.69, 9.17) is 0 Å². The second-order valence-corrected chi connectivity index (χ2v) is 8.38. The summed E-state index contributed by atoms with van der Waals surface area (Å²) in [5.74, 6) is 2.80. The van der Waals surface area contributed by atoms with E-state index in [2.05, 4.69) is 63.0 Å². The summed E-state index contributed by atoms with van der Waals surface area (Å²) in [6.45, 7) is 8.58. The van der Waals surface area contributed by atoms with Crippen LogP contribution in [0.15, 0.2) is 12.4 Å². The van der Waals surface area contributed by atoms with E-state index in [0.29, 0.717) is 18.0 Å². The van der Waals surface area contributed by atoms with Crippen LogP contribution in [0.5, 0.6) is 0 Å². The number of hydrogen-bond donors (Lipinski definition) is 0. The first kappa shape index (κ1) is 18.6. The van der Waals surface area contributed by atoms with Crippen LogP contribution < -0.4 is 0 Å². The van der Waals surface area contributed by atoms with Gasteiger partial charge in [-0.2, -0.15) is 5.10 Å². The zero-order chi connectivity index (χ0) is 19.0. The van der Waals surface area contributed by atoms with Gasteiger partial charge in [-0.25, -0.2) is 0 Å². The second-order valence-electron chi connectivity index (χ2n) is 8.38. The van der Waals surface area contributed by atoms with Crippen LogP contribution in [0.3, 0.4) is 0 Å². The first-order valence-corrected chi connectivity index (χ1v) is 10.4. The van der Waals surface area contributed by atoms with Gasteiger partial charge < -0.3 is 4.57 Å². The highest BCUT2D eigenvalue weighted by molar-refractivity contribution is 5.13. The van der Waals surface area contributed by atoms with Gasteiger partial charge in [0.1, 0.15) is 11.6 Å². The molecule has 0 radical (unpaired) electrons. The Bertz CT molecular complexity index is 760. The molecule has 1 saturated heterocycles.